The molecule has 15 heavy (non-hydrogen) atoms. The number of allylic oxidation sites excluding steroid dienone is 4. The van der Waals surface area contributed by atoms with Gasteiger partial charge < -0.3 is 15.5 Å². The van der Waals surface area contributed by atoms with Crippen LogP contribution in [0.2, 0.25) is 0 Å². The number of carbonyl (C=O) groups excluding carboxylic acids is 1. The molecule has 0 saturated heterocycles. The summed E-state index contributed by atoms with van der Waals surface area (Å²) in [6.45, 7) is 0. The molecule has 3 N–H and O–H groups in total. The number of nitrogens with one attached hydrogen (secondary N) is 1. The van der Waals surface area contributed by atoms with Crippen LogP contribution >= 0.6 is 0 Å². The van der Waals surface area contributed by atoms with E-state index in [1.165, 1.54) is 0 Å². The summed E-state index contributed by atoms with van der Waals surface area (Å²) in [7, 11) is 0. The van der Waals surface area contributed by atoms with E-state index in [1.807, 2.05) is 6.08 Å². The van der Waals surface area contributed by atoms with E-state index in [4.69, 9.17) is 10.2 Å². The van der Waals surface area contributed by atoms with Crippen LogP contribution in [0.25, 0.3) is 5.57 Å². The Morgan fingerprint density at radius 3 is 3.00 bits per heavy atom. The third-order valence-electron chi connectivity index (χ3n) is 1.70. The summed E-state index contributed by atoms with van der Waals surface area (Å²) in [5.74, 6) is -0.689. The molecule has 2 rings (SSSR count). The van der Waals surface area contributed by atoms with Gasteiger partial charge in [-0.25, -0.2) is 0 Å². The minimum atomic E-state index is -0.738. The zero-order valence-electron chi connectivity index (χ0n) is 7.68. The maximum atomic E-state index is 10.7. The fourth-order valence-corrected chi connectivity index (χ4v) is 1.03. The highest BCUT2D eigenvalue weighted by Crippen LogP contribution is 2.14. The van der Waals surface area contributed by atoms with Gasteiger partial charge in [-0.05, 0) is 12.2 Å². The molecule has 6 nitrogen and oxygen atoms in total. The minimum absolute atomic E-state index is 0.198. The third kappa shape index (κ3) is 1.93. The highest BCUT2D eigenvalue weighted by atomic mass is 16.4. The second-order valence-corrected chi connectivity index (χ2v) is 2.76. The Balaban J connectivity index is 2.29. The van der Waals surface area contributed by atoms with Gasteiger partial charge >= 0.3 is 11.8 Å². The van der Waals surface area contributed by atoms with Crippen molar-refractivity contribution in [1.29, 1.82) is 0 Å². The smallest absolute Gasteiger partial charge is 0.306 e. The van der Waals surface area contributed by atoms with Crippen molar-refractivity contribution >= 4 is 11.5 Å². The molecule has 1 aromatic heterocycles. The van der Waals surface area contributed by atoms with Gasteiger partial charge in [-0.1, -0.05) is 6.08 Å². The van der Waals surface area contributed by atoms with Crippen molar-refractivity contribution in [2.75, 3.05) is 0 Å². The molecule has 76 valence electrons. The van der Waals surface area contributed by atoms with Crippen LogP contribution in [0, 0.1) is 0 Å². The molecule has 2 heterocycles. The molecule has 1 aromatic rings. The van der Waals surface area contributed by atoms with Gasteiger partial charge in [-0.15, -0.1) is 10.2 Å². The molecule has 0 fully saturated rings. The Labute approximate surface area is 85.2 Å². The van der Waals surface area contributed by atoms with E-state index in [9.17, 15) is 4.79 Å². The van der Waals surface area contributed by atoms with E-state index in [0.29, 0.717) is 5.57 Å². The van der Waals surface area contributed by atoms with Gasteiger partial charge in [0.25, 0.3) is 0 Å². The number of amides is 1. The van der Waals surface area contributed by atoms with Crippen LogP contribution in [-0.4, -0.2) is 16.1 Å². The van der Waals surface area contributed by atoms with E-state index in [2.05, 4.69) is 15.5 Å². The Bertz CT molecular complexity index is 470. The predicted molar refractivity (Wildman–Crippen MR) is 52.2 cm³/mol. The lowest BCUT2D eigenvalue weighted by atomic mass is 10.2. The van der Waals surface area contributed by atoms with Crippen LogP contribution < -0.4 is 11.1 Å². The van der Waals surface area contributed by atoms with E-state index >= 15 is 0 Å². The zero-order valence-corrected chi connectivity index (χ0v) is 7.68. The standard InChI is InChI=1S/C9H8N4O2/c10-7(14)9-13-12-8(15-9)6-3-1-2-4-11-5-6/h1-5,11H,(H2,10,14). The number of hydrogen-bond acceptors (Lipinski definition) is 5. The minimum Gasteiger partial charge on any atom is -0.412 e. The van der Waals surface area contributed by atoms with Gasteiger partial charge in [0.05, 0.1) is 5.57 Å². The van der Waals surface area contributed by atoms with Crippen molar-refractivity contribution < 1.29 is 9.21 Å². The fourth-order valence-electron chi connectivity index (χ4n) is 1.03. The lowest BCUT2D eigenvalue weighted by Gasteiger charge is -1.93. The number of rotatable bonds is 2. The summed E-state index contributed by atoms with van der Waals surface area (Å²) in [6, 6.07) is 0. The molecule has 1 amide bonds. The number of nitrogens with zero attached hydrogens (tertiary/aromatic N) is 2. The van der Waals surface area contributed by atoms with Crippen LogP contribution in [0.1, 0.15) is 16.6 Å². The molecule has 0 bridgehead atoms. The Morgan fingerprint density at radius 2 is 2.27 bits per heavy atom. The normalized spacial score (nSPS) is 14.3. The van der Waals surface area contributed by atoms with Crippen LogP contribution in [0.4, 0.5) is 0 Å². The van der Waals surface area contributed by atoms with Crippen LogP contribution in [0.5, 0.6) is 0 Å². The molecule has 0 unspecified atom stereocenters. The number of hydrogen-bond donors (Lipinski definition) is 2. The van der Waals surface area contributed by atoms with Gasteiger partial charge in [-0.3, -0.25) is 4.79 Å². The lowest BCUT2D eigenvalue weighted by Crippen LogP contribution is -2.10. The molecular formula is C9H8N4O2. The number of nitrogens with two attached hydrogens (primary N) is 1. The van der Waals surface area contributed by atoms with Gasteiger partial charge in [0.2, 0.25) is 5.89 Å². The monoisotopic (exact) mass is 204 g/mol. The Hall–Kier alpha value is -2.37. The summed E-state index contributed by atoms with van der Waals surface area (Å²) >= 11 is 0. The number of carbonyl (C=O) groups is 1. The third-order valence-corrected chi connectivity index (χ3v) is 1.70. The highest BCUT2D eigenvalue weighted by Gasteiger charge is 2.13. The van der Waals surface area contributed by atoms with Gasteiger partial charge in [0.1, 0.15) is 0 Å². The molecule has 0 atom stereocenters. The molecule has 0 radical (unpaired) electrons. The topological polar surface area (TPSA) is 94.0 Å². The average molecular weight is 204 g/mol. The maximum absolute atomic E-state index is 10.7. The van der Waals surface area contributed by atoms with E-state index < -0.39 is 5.91 Å². The van der Waals surface area contributed by atoms with Crippen molar-refractivity contribution in [2.24, 2.45) is 5.73 Å². The van der Waals surface area contributed by atoms with Crippen molar-refractivity contribution in [2.45, 2.75) is 0 Å². The average Bonchev–Trinajstić information content (AvgIpc) is 2.55. The first-order valence-electron chi connectivity index (χ1n) is 4.20. The van der Waals surface area contributed by atoms with Gasteiger partial charge in [-0.2, -0.15) is 0 Å². The van der Waals surface area contributed by atoms with Crippen molar-refractivity contribution in [3.8, 4) is 0 Å². The molecule has 6 heteroatoms. The first-order chi connectivity index (χ1) is 7.27. The SMILES string of the molecule is NC(=O)c1nnc(C2=CNC=CC=C2)o1. The van der Waals surface area contributed by atoms with Crippen LogP contribution in [-0.2, 0) is 0 Å². The van der Waals surface area contributed by atoms with Gasteiger partial charge in [0, 0.05) is 12.4 Å². The fraction of sp³-hybridized carbons (Fsp3) is 0. The van der Waals surface area contributed by atoms with E-state index in [1.54, 1.807) is 24.6 Å². The predicted octanol–water partition coefficient (Wildman–Crippen LogP) is 0.182. The molecule has 1 aliphatic heterocycles. The maximum Gasteiger partial charge on any atom is 0.306 e. The quantitative estimate of drug-likeness (QED) is 0.716. The van der Waals surface area contributed by atoms with Crippen LogP contribution in [0.3, 0.4) is 0 Å². The first kappa shape index (κ1) is 9.20. The summed E-state index contributed by atoms with van der Waals surface area (Å²) in [6.07, 6.45) is 8.82. The van der Waals surface area contributed by atoms with Gasteiger partial charge in [0.15, 0.2) is 0 Å². The second kappa shape index (κ2) is 3.79. The highest BCUT2D eigenvalue weighted by molar-refractivity contribution is 5.88. The number of aromatic nitrogens is 2. The molecule has 1 aliphatic rings. The number of primary amides is 1. The molecule has 0 aromatic carbocycles. The summed E-state index contributed by atoms with van der Waals surface area (Å²) in [4.78, 5) is 10.7. The largest absolute Gasteiger partial charge is 0.412 e. The molecular weight excluding hydrogens is 196 g/mol. The zero-order chi connectivity index (χ0) is 10.7. The van der Waals surface area contributed by atoms with Crippen molar-refractivity contribution in [3.05, 3.63) is 42.4 Å². The molecule has 0 aliphatic carbocycles. The van der Waals surface area contributed by atoms with E-state index in [-0.39, 0.29) is 11.8 Å². The summed E-state index contributed by atoms with van der Waals surface area (Å²) in [5, 5.41) is 10.1. The van der Waals surface area contributed by atoms with Crippen molar-refractivity contribution in [1.82, 2.24) is 15.5 Å². The summed E-state index contributed by atoms with van der Waals surface area (Å²) < 4.78 is 5.06. The Morgan fingerprint density at radius 1 is 1.40 bits per heavy atom. The van der Waals surface area contributed by atoms with Crippen molar-refractivity contribution in [3.63, 3.8) is 0 Å². The lowest BCUT2D eigenvalue weighted by molar-refractivity contribution is 0.0966. The Kier molecular flexibility index (Phi) is 2.32. The van der Waals surface area contributed by atoms with Crippen LogP contribution in [0.15, 0.2) is 35.0 Å². The summed E-state index contributed by atoms with van der Waals surface area (Å²) in [5.41, 5.74) is 5.67. The molecule has 0 saturated carbocycles. The first-order valence-corrected chi connectivity index (χ1v) is 4.20. The molecule has 0 spiro atoms. The second-order valence-electron chi connectivity index (χ2n) is 2.76. The van der Waals surface area contributed by atoms with E-state index in [0.717, 1.165) is 0 Å².